The lowest BCUT2D eigenvalue weighted by atomic mass is 10.0. The van der Waals surface area contributed by atoms with Crippen LogP contribution in [0.3, 0.4) is 0 Å². The number of likely N-dealkylation sites (N-methyl/N-ethyl adjacent to an activating group) is 1. The average Bonchev–Trinajstić information content (AvgIpc) is 2.76. The first-order valence-electron chi connectivity index (χ1n) is 14.2. The molecule has 0 bridgehead atoms. The lowest BCUT2D eigenvalue weighted by molar-refractivity contribution is -0.870. The average molecular weight is 509 g/mol. The van der Waals surface area contributed by atoms with Gasteiger partial charge in [-0.1, -0.05) is 116 Å². The van der Waals surface area contributed by atoms with E-state index in [2.05, 4.69) is 6.92 Å². The Labute approximate surface area is 213 Å². The highest BCUT2D eigenvalue weighted by molar-refractivity contribution is 7.52. The van der Waals surface area contributed by atoms with Gasteiger partial charge >= 0.3 is 8.17 Å². The van der Waals surface area contributed by atoms with Gasteiger partial charge in [0.1, 0.15) is 19.8 Å². The maximum absolute atomic E-state index is 12.0. The normalized spacial score (nSPS) is 14.9. The van der Waals surface area contributed by atoms with Crippen molar-refractivity contribution < 1.29 is 28.1 Å². The molecular formula is C27H59NO5P+. The third kappa shape index (κ3) is 25.3. The molecule has 0 saturated carbocycles. The number of quaternary nitrogens is 1. The summed E-state index contributed by atoms with van der Waals surface area (Å²) in [5.41, 5.74) is 0. The van der Waals surface area contributed by atoms with Gasteiger partial charge in [-0.25, -0.2) is 0 Å². The molecule has 0 aromatic carbocycles. The van der Waals surface area contributed by atoms with E-state index in [0.717, 1.165) is 12.8 Å². The van der Waals surface area contributed by atoms with E-state index in [4.69, 9.17) is 13.8 Å². The first-order valence-corrected chi connectivity index (χ1v) is 15.6. The Kier molecular flexibility index (Phi) is 22.5. The summed E-state index contributed by atoms with van der Waals surface area (Å²) in [6.45, 7) is 3.20. The molecule has 0 saturated heterocycles. The minimum absolute atomic E-state index is 0.0908. The zero-order valence-electron chi connectivity index (χ0n) is 23.4. The van der Waals surface area contributed by atoms with Gasteiger partial charge in [0.25, 0.3) is 0 Å². The summed E-state index contributed by atoms with van der Waals surface area (Å²) in [6.07, 6.45) is 23.7. The molecular weight excluding hydrogens is 449 g/mol. The van der Waals surface area contributed by atoms with E-state index in [9.17, 15) is 9.79 Å². The van der Waals surface area contributed by atoms with Crippen molar-refractivity contribution in [1.82, 2.24) is 0 Å². The van der Waals surface area contributed by atoms with Crippen LogP contribution in [0, 0.1) is 0 Å². The van der Waals surface area contributed by atoms with Crippen LogP contribution >= 0.6 is 8.17 Å². The molecule has 0 aliphatic heterocycles. The first kappa shape index (κ1) is 34.2. The zero-order chi connectivity index (χ0) is 25.5. The maximum atomic E-state index is 12.0. The molecule has 34 heavy (non-hydrogen) atoms. The Morgan fingerprint density at radius 1 is 0.706 bits per heavy atom. The summed E-state index contributed by atoms with van der Waals surface area (Å²) in [6, 6.07) is 0. The van der Waals surface area contributed by atoms with Crippen LogP contribution in [0.2, 0.25) is 0 Å². The van der Waals surface area contributed by atoms with Crippen molar-refractivity contribution in [3.05, 3.63) is 0 Å². The molecule has 206 valence electrons. The number of hydrogen-bond donors (Lipinski definition) is 1. The standard InChI is InChI=1S/C27H58NO5P/c1-6-7-8-9-10-11-12-13-14-15-16-17-18-19-20-21-22-23-27(31-5)26-33-34(29,30)32-25-24-28(2,3)4/h27H,6-26H2,1-5H3/p+1/t27-/m1/s1. The van der Waals surface area contributed by atoms with Gasteiger partial charge in [0.2, 0.25) is 0 Å². The van der Waals surface area contributed by atoms with E-state index in [1.807, 2.05) is 21.1 Å². The van der Waals surface area contributed by atoms with Gasteiger partial charge < -0.3 is 14.1 Å². The highest BCUT2D eigenvalue weighted by Crippen LogP contribution is 2.47. The van der Waals surface area contributed by atoms with Crippen molar-refractivity contribution in [2.45, 2.75) is 129 Å². The van der Waals surface area contributed by atoms with Crippen LogP contribution in [0.15, 0.2) is 0 Å². The van der Waals surface area contributed by atoms with E-state index in [-0.39, 0.29) is 19.3 Å². The molecule has 0 aromatic rings. The minimum Gasteiger partial charge on any atom is -0.606 e. The highest BCUT2D eigenvalue weighted by Gasteiger charge is 2.29. The number of hydrogen-bond acceptors (Lipinski definition) is 5. The molecule has 7 heteroatoms. The summed E-state index contributed by atoms with van der Waals surface area (Å²) < 4.78 is 16.3. The molecule has 0 aliphatic rings. The molecule has 0 aromatic heterocycles. The van der Waals surface area contributed by atoms with Crippen LogP contribution in [0.5, 0.6) is 0 Å². The Morgan fingerprint density at radius 2 is 1.12 bits per heavy atom. The van der Waals surface area contributed by atoms with Gasteiger partial charge in [0.15, 0.2) is 0 Å². The highest BCUT2D eigenvalue weighted by atomic mass is 31.2. The van der Waals surface area contributed by atoms with Crippen molar-refractivity contribution >= 4 is 8.17 Å². The van der Waals surface area contributed by atoms with E-state index < -0.39 is 8.17 Å². The van der Waals surface area contributed by atoms with Crippen molar-refractivity contribution in [2.75, 3.05) is 48.0 Å². The fraction of sp³-hybridized carbons (Fsp3) is 1.00. The van der Waals surface area contributed by atoms with Gasteiger partial charge in [-0.2, -0.15) is 13.9 Å². The first-order chi connectivity index (χ1) is 16.2. The lowest BCUT2D eigenvalue weighted by Gasteiger charge is -2.26. The second-order valence-electron chi connectivity index (χ2n) is 10.9. The Bertz CT molecular complexity index is 432. The van der Waals surface area contributed by atoms with Crippen molar-refractivity contribution in [3.8, 4) is 0 Å². The maximum Gasteiger partial charge on any atom is 0.377 e. The fourth-order valence-electron chi connectivity index (χ4n) is 4.01. The van der Waals surface area contributed by atoms with Crippen molar-refractivity contribution in [3.63, 3.8) is 0 Å². The summed E-state index contributed by atoms with van der Waals surface area (Å²) >= 11 is 0. The van der Waals surface area contributed by atoms with Crippen LogP contribution in [-0.2, 0) is 13.8 Å². The predicted molar refractivity (Wildman–Crippen MR) is 144 cm³/mol. The molecule has 0 aliphatic carbocycles. The monoisotopic (exact) mass is 508 g/mol. The third-order valence-electron chi connectivity index (χ3n) is 6.40. The minimum atomic E-state index is -4.01. The molecule has 2 atom stereocenters. The van der Waals surface area contributed by atoms with Crippen LogP contribution in [0.1, 0.15) is 122 Å². The van der Waals surface area contributed by atoms with Gasteiger partial charge in [-0.15, -0.1) is 0 Å². The van der Waals surface area contributed by atoms with E-state index in [1.165, 1.54) is 103 Å². The lowest BCUT2D eigenvalue weighted by Crippen LogP contribution is -2.38. The predicted octanol–water partition coefficient (Wildman–Crippen LogP) is 6.81. The summed E-state index contributed by atoms with van der Waals surface area (Å²) in [4.78, 5) is 21.8. The Hall–Kier alpha value is 0.190. The Morgan fingerprint density at radius 3 is 1.50 bits per heavy atom. The molecule has 1 N–H and O–H groups in total. The topological polar surface area (TPSA) is 71.0 Å². The van der Waals surface area contributed by atoms with Gasteiger partial charge in [-0.3, -0.25) is 0 Å². The molecule has 6 nitrogen and oxygen atoms in total. The van der Waals surface area contributed by atoms with Crippen LogP contribution in [-0.4, -0.2) is 63.5 Å². The molecule has 0 amide bonds. The summed E-state index contributed by atoms with van der Waals surface area (Å²) in [5.74, 6) is 0. The number of phosphoric acid groups is 1. The number of unbranched alkanes of at least 4 members (excludes halogenated alkanes) is 16. The smallest absolute Gasteiger partial charge is 0.377 e. The molecule has 0 heterocycles. The number of methoxy groups -OCH3 is 1. The molecule has 0 fully saturated rings. The number of rotatable bonds is 26. The second kappa shape index (κ2) is 22.4. The quantitative estimate of drug-likeness (QED) is 0.0789. The van der Waals surface area contributed by atoms with E-state index in [0.29, 0.717) is 11.0 Å². The van der Waals surface area contributed by atoms with E-state index >= 15 is 0 Å². The zero-order valence-corrected chi connectivity index (χ0v) is 24.3. The fourth-order valence-corrected chi connectivity index (χ4v) is 4.75. The SMILES string of the molecule is CCCCCCCCCCCCCCCCCCC[C@H](CO[P+]([O-])(O)OCC[N+](C)(C)C)OC. The molecule has 0 spiro atoms. The van der Waals surface area contributed by atoms with Gasteiger partial charge in [0.05, 0.1) is 27.2 Å². The van der Waals surface area contributed by atoms with Crippen LogP contribution in [0.4, 0.5) is 0 Å². The summed E-state index contributed by atoms with van der Waals surface area (Å²) in [5, 5.41) is 0. The number of nitrogens with zero attached hydrogens (tertiary/aromatic N) is 1. The van der Waals surface area contributed by atoms with E-state index in [1.54, 1.807) is 7.11 Å². The largest absolute Gasteiger partial charge is 0.606 e. The van der Waals surface area contributed by atoms with Gasteiger partial charge in [0, 0.05) is 7.11 Å². The van der Waals surface area contributed by atoms with Crippen LogP contribution in [0.25, 0.3) is 0 Å². The molecule has 0 radical (unpaired) electrons. The van der Waals surface area contributed by atoms with Crippen molar-refractivity contribution in [2.24, 2.45) is 0 Å². The third-order valence-corrected chi connectivity index (χ3v) is 7.39. The Balaban J connectivity index is 3.50. The second-order valence-corrected chi connectivity index (χ2v) is 12.4. The summed E-state index contributed by atoms with van der Waals surface area (Å²) in [7, 11) is 3.63. The van der Waals surface area contributed by atoms with Crippen LogP contribution < -0.4 is 4.89 Å². The van der Waals surface area contributed by atoms with Gasteiger partial charge in [-0.05, 0) is 6.42 Å². The van der Waals surface area contributed by atoms with Crippen molar-refractivity contribution in [1.29, 1.82) is 0 Å². The molecule has 0 rings (SSSR count). The molecule has 1 unspecified atom stereocenters. The number of ether oxygens (including phenoxy) is 1. The number of phosphoric ester groups is 1.